The summed E-state index contributed by atoms with van der Waals surface area (Å²) < 4.78 is 0. The zero-order valence-electron chi connectivity index (χ0n) is 8.22. The molecule has 2 atom stereocenters. The summed E-state index contributed by atoms with van der Waals surface area (Å²) in [5.41, 5.74) is 1.69. The van der Waals surface area contributed by atoms with Crippen LogP contribution in [-0.4, -0.2) is 0 Å². The minimum absolute atomic E-state index is 0.765. The topological polar surface area (TPSA) is 0 Å². The van der Waals surface area contributed by atoms with Gasteiger partial charge in [0.25, 0.3) is 0 Å². The van der Waals surface area contributed by atoms with Gasteiger partial charge in [0.05, 0.1) is 0 Å². The van der Waals surface area contributed by atoms with Crippen LogP contribution in [0.1, 0.15) is 40.5 Å². The molecule has 64 valence electrons. The molecule has 0 N–H and O–H groups in total. The van der Waals surface area contributed by atoms with Crippen LogP contribution in [0.15, 0.2) is 11.6 Å². The first-order valence-electron chi connectivity index (χ1n) is 4.86. The van der Waals surface area contributed by atoms with Crippen molar-refractivity contribution in [2.45, 2.75) is 40.5 Å². The van der Waals surface area contributed by atoms with Crippen molar-refractivity contribution in [3.05, 3.63) is 11.6 Å². The molecule has 0 heterocycles. The van der Waals surface area contributed by atoms with Gasteiger partial charge >= 0.3 is 0 Å². The fourth-order valence-corrected chi connectivity index (χ4v) is 2.08. The summed E-state index contributed by atoms with van der Waals surface area (Å²) in [5.74, 6) is 2.73. The quantitative estimate of drug-likeness (QED) is 0.542. The van der Waals surface area contributed by atoms with E-state index in [1.807, 2.05) is 0 Å². The Morgan fingerprint density at radius 1 is 1.55 bits per heavy atom. The fraction of sp³-hybridized carbons (Fsp3) is 0.818. The van der Waals surface area contributed by atoms with Crippen LogP contribution in [-0.2, 0) is 0 Å². The van der Waals surface area contributed by atoms with Crippen molar-refractivity contribution in [2.24, 2.45) is 17.8 Å². The third-order valence-corrected chi connectivity index (χ3v) is 2.88. The van der Waals surface area contributed by atoms with E-state index in [1.165, 1.54) is 12.8 Å². The van der Waals surface area contributed by atoms with Gasteiger partial charge in [-0.3, -0.25) is 0 Å². The molecule has 0 saturated heterocycles. The Labute approximate surface area is 70.7 Å². The standard InChI is InChI=1S/C11H20/c1-5-9-7-11(9)10(6-2)8(3)4/h6,8-9,11H,5,7H2,1-4H3. The van der Waals surface area contributed by atoms with Gasteiger partial charge in [-0.2, -0.15) is 0 Å². The van der Waals surface area contributed by atoms with Crippen LogP contribution in [0.2, 0.25) is 0 Å². The summed E-state index contributed by atoms with van der Waals surface area (Å²) in [7, 11) is 0. The molecule has 0 aromatic carbocycles. The first-order valence-corrected chi connectivity index (χ1v) is 4.86. The molecule has 0 heteroatoms. The van der Waals surface area contributed by atoms with Crippen molar-refractivity contribution in [3.63, 3.8) is 0 Å². The molecular weight excluding hydrogens is 132 g/mol. The number of allylic oxidation sites excluding steroid dienone is 2. The van der Waals surface area contributed by atoms with Gasteiger partial charge < -0.3 is 0 Å². The largest absolute Gasteiger partial charge is 0.0879 e. The van der Waals surface area contributed by atoms with Crippen LogP contribution in [0, 0.1) is 17.8 Å². The Hall–Kier alpha value is -0.260. The van der Waals surface area contributed by atoms with Crippen molar-refractivity contribution >= 4 is 0 Å². The SMILES string of the molecule is CC=C(C(C)C)C1CC1CC. The van der Waals surface area contributed by atoms with Gasteiger partial charge in [0.2, 0.25) is 0 Å². The van der Waals surface area contributed by atoms with Gasteiger partial charge in [0.1, 0.15) is 0 Å². The maximum atomic E-state index is 2.32. The molecule has 0 bridgehead atoms. The van der Waals surface area contributed by atoms with E-state index in [1.54, 1.807) is 5.57 Å². The van der Waals surface area contributed by atoms with Crippen molar-refractivity contribution in [1.29, 1.82) is 0 Å². The molecule has 0 aromatic rings. The van der Waals surface area contributed by atoms with Crippen LogP contribution in [0.3, 0.4) is 0 Å². The van der Waals surface area contributed by atoms with E-state index in [-0.39, 0.29) is 0 Å². The lowest BCUT2D eigenvalue weighted by atomic mass is 9.97. The van der Waals surface area contributed by atoms with Gasteiger partial charge in [-0.15, -0.1) is 0 Å². The molecular formula is C11H20. The van der Waals surface area contributed by atoms with E-state index in [0.29, 0.717) is 0 Å². The van der Waals surface area contributed by atoms with E-state index in [0.717, 1.165) is 17.8 Å². The maximum absolute atomic E-state index is 2.32. The van der Waals surface area contributed by atoms with Gasteiger partial charge in [0, 0.05) is 0 Å². The minimum atomic E-state index is 0.765. The molecule has 1 fully saturated rings. The molecule has 0 amide bonds. The van der Waals surface area contributed by atoms with Crippen molar-refractivity contribution < 1.29 is 0 Å². The second-order valence-electron chi connectivity index (χ2n) is 3.95. The molecule has 0 spiro atoms. The van der Waals surface area contributed by atoms with Gasteiger partial charge in [0.15, 0.2) is 0 Å². The summed E-state index contributed by atoms with van der Waals surface area (Å²) in [6.07, 6.45) is 5.15. The smallest absolute Gasteiger partial charge is 0.0169 e. The molecule has 0 nitrogen and oxygen atoms in total. The average Bonchev–Trinajstić information content (AvgIpc) is 2.68. The Morgan fingerprint density at radius 3 is 2.45 bits per heavy atom. The molecule has 0 aliphatic heterocycles. The lowest BCUT2D eigenvalue weighted by Crippen LogP contribution is -1.97. The summed E-state index contributed by atoms with van der Waals surface area (Å²) in [6.45, 7) is 9.10. The van der Waals surface area contributed by atoms with Crippen molar-refractivity contribution in [3.8, 4) is 0 Å². The third-order valence-electron chi connectivity index (χ3n) is 2.88. The number of hydrogen-bond donors (Lipinski definition) is 0. The second kappa shape index (κ2) is 3.42. The Morgan fingerprint density at radius 2 is 2.18 bits per heavy atom. The Kier molecular flexibility index (Phi) is 2.75. The summed E-state index contributed by atoms with van der Waals surface area (Å²) >= 11 is 0. The molecule has 1 saturated carbocycles. The van der Waals surface area contributed by atoms with Crippen molar-refractivity contribution in [2.75, 3.05) is 0 Å². The minimum Gasteiger partial charge on any atom is -0.0879 e. The van der Waals surface area contributed by atoms with Crippen LogP contribution in [0.4, 0.5) is 0 Å². The highest BCUT2D eigenvalue weighted by Gasteiger charge is 2.38. The zero-order chi connectivity index (χ0) is 8.43. The Bertz CT molecular complexity index is 153. The third kappa shape index (κ3) is 1.85. The summed E-state index contributed by atoms with van der Waals surface area (Å²) in [5, 5.41) is 0. The molecule has 0 radical (unpaired) electrons. The van der Waals surface area contributed by atoms with Crippen molar-refractivity contribution in [1.82, 2.24) is 0 Å². The maximum Gasteiger partial charge on any atom is -0.0169 e. The monoisotopic (exact) mass is 152 g/mol. The average molecular weight is 152 g/mol. The van der Waals surface area contributed by atoms with E-state index in [2.05, 4.69) is 33.8 Å². The molecule has 2 unspecified atom stereocenters. The molecule has 1 aliphatic carbocycles. The molecule has 1 rings (SSSR count). The van der Waals surface area contributed by atoms with E-state index < -0.39 is 0 Å². The lowest BCUT2D eigenvalue weighted by molar-refractivity contribution is 0.649. The highest BCUT2D eigenvalue weighted by Crippen LogP contribution is 2.48. The second-order valence-corrected chi connectivity index (χ2v) is 3.95. The molecule has 0 aromatic heterocycles. The van der Waals surface area contributed by atoms with Crippen LogP contribution in [0.25, 0.3) is 0 Å². The normalized spacial score (nSPS) is 31.2. The lowest BCUT2D eigenvalue weighted by Gasteiger charge is -2.09. The van der Waals surface area contributed by atoms with Gasteiger partial charge in [-0.25, -0.2) is 0 Å². The van der Waals surface area contributed by atoms with E-state index >= 15 is 0 Å². The highest BCUT2D eigenvalue weighted by atomic mass is 14.4. The first kappa shape index (κ1) is 8.83. The predicted octanol–water partition coefficient (Wildman–Crippen LogP) is 3.63. The van der Waals surface area contributed by atoms with E-state index in [9.17, 15) is 0 Å². The van der Waals surface area contributed by atoms with Gasteiger partial charge in [-0.1, -0.05) is 38.8 Å². The summed E-state index contributed by atoms with van der Waals surface area (Å²) in [4.78, 5) is 0. The first-order chi connectivity index (χ1) is 5.20. The number of hydrogen-bond acceptors (Lipinski definition) is 0. The Balaban J connectivity index is 2.47. The number of rotatable bonds is 3. The molecule has 11 heavy (non-hydrogen) atoms. The van der Waals surface area contributed by atoms with Crippen LogP contribution >= 0.6 is 0 Å². The zero-order valence-corrected chi connectivity index (χ0v) is 8.22. The molecule has 1 aliphatic rings. The summed E-state index contributed by atoms with van der Waals surface area (Å²) in [6, 6.07) is 0. The van der Waals surface area contributed by atoms with Gasteiger partial charge in [-0.05, 0) is 31.1 Å². The van der Waals surface area contributed by atoms with Crippen LogP contribution in [0.5, 0.6) is 0 Å². The highest BCUT2D eigenvalue weighted by molar-refractivity contribution is 5.16. The predicted molar refractivity (Wildman–Crippen MR) is 50.5 cm³/mol. The fourth-order valence-electron chi connectivity index (χ4n) is 2.08. The van der Waals surface area contributed by atoms with Crippen LogP contribution < -0.4 is 0 Å². The van der Waals surface area contributed by atoms with E-state index in [4.69, 9.17) is 0 Å².